The predicted octanol–water partition coefficient (Wildman–Crippen LogP) is 4.60. The molecule has 0 bridgehead atoms. The van der Waals surface area contributed by atoms with Crippen LogP contribution in [-0.2, 0) is 9.59 Å². The Hall–Kier alpha value is -4.12. The van der Waals surface area contributed by atoms with Crippen LogP contribution >= 0.6 is 0 Å². The molecule has 2 aliphatic heterocycles. The highest BCUT2D eigenvalue weighted by atomic mass is 19.1. The third-order valence-corrected chi connectivity index (χ3v) is 8.21. The van der Waals surface area contributed by atoms with Gasteiger partial charge in [0.15, 0.2) is 5.67 Å². The number of hydrogen-bond acceptors (Lipinski definition) is 4. The molecule has 1 spiro atoms. The zero-order chi connectivity index (χ0) is 26.2. The summed E-state index contributed by atoms with van der Waals surface area (Å²) in [5.74, 6) is -0.680. The molecule has 0 atom stereocenters. The summed E-state index contributed by atoms with van der Waals surface area (Å²) < 4.78 is 29.7. The van der Waals surface area contributed by atoms with Crippen molar-refractivity contribution in [1.82, 2.24) is 9.80 Å². The predicted molar refractivity (Wildman–Crippen MR) is 137 cm³/mol. The van der Waals surface area contributed by atoms with Crippen molar-refractivity contribution >= 4 is 28.4 Å². The van der Waals surface area contributed by atoms with E-state index in [0.717, 1.165) is 16.3 Å². The van der Waals surface area contributed by atoms with Gasteiger partial charge in [-0.1, -0.05) is 24.3 Å². The van der Waals surface area contributed by atoms with E-state index >= 15 is 4.39 Å². The standard InChI is InChI=1S/C30H24F2N4O2/c31-25-13-23(22-4-3-20-11-18(14-33)1-2-21(20)12-22)5-6-24(25)26-34-30(9-10-30)28(38)36(26)17-19-15-35(16-19)27(37)29(32)7-8-29/h1-6,11-13,19H,7-10,15-17H2. The number of halogens is 2. The van der Waals surface area contributed by atoms with Crippen LogP contribution < -0.4 is 0 Å². The fourth-order valence-electron chi connectivity index (χ4n) is 5.56. The van der Waals surface area contributed by atoms with Crippen molar-refractivity contribution in [2.75, 3.05) is 19.6 Å². The third-order valence-electron chi connectivity index (χ3n) is 8.21. The lowest BCUT2D eigenvalue weighted by atomic mass is 9.97. The van der Waals surface area contributed by atoms with Gasteiger partial charge in [-0.15, -0.1) is 0 Å². The minimum Gasteiger partial charge on any atom is -0.339 e. The molecular formula is C30H24F2N4O2. The van der Waals surface area contributed by atoms with Gasteiger partial charge in [-0.2, -0.15) is 5.26 Å². The molecule has 0 N–H and O–H groups in total. The molecule has 2 heterocycles. The number of nitriles is 1. The first kappa shape index (κ1) is 23.0. The van der Waals surface area contributed by atoms with Gasteiger partial charge in [0.05, 0.1) is 17.2 Å². The summed E-state index contributed by atoms with van der Waals surface area (Å²) in [6, 6.07) is 18.3. The molecule has 190 valence electrons. The quantitative estimate of drug-likeness (QED) is 0.504. The Morgan fingerprint density at radius 3 is 2.37 bits per heavy atom. The van der Waals surface area contributed by atoms with Crippen LogP contribution in [0.2, 0.25) is 0 Å². The molecular weight excluding hydrogens is 486 g/mol. The highest BCUT2D eigenvalue weighted by Gasteiger charge is 2.59. The van der Waals surface area contributed by atoms with Gasteiger partial charge >= 0.3 is 0 Å². The first-order chi connectivity index (χ1) is 18.3. The summed E-state index contributed by atoms with van der Waals surface area (Å²) >= 11 is 0. The monoisotopic (exact) mass is 510 g/mol. The number of likely N-dealkylation sites (tertiary alicyclic amines) is 1. The van der Waals surface area contributed by atoms with E-state index in [4.69, 9.17) is 5.26 Å². The summed E-state index contributed by atoms with van der Waals surface area (Å²) in [6.45, 7) is 1.13. The number of alkyl halides is 1. The Labute approximate surface area is 218 Å². The van der Waals surface area contributed by atoms with E-state index in [1.54, 1.807) is 17.0 Å². The van der Waals surface area contributed by atoms with Gasteiger partial charge in [0.25, 0.3) is 11.8 Å². The molecule has 2 saturated carbocycles. The Kier molecular flexibility index (Phi) is 4.81. The van der Waals surface area contributed by atoms with Crippen molar-refractivity contribution in [3.05, 3.63) is 71.5 Å². The molecule has 8 heteroatoms. The minimum absolute atomic E-state index is 0.00540. The smallest absolute Gasteiger partial charge is 0.260 e. The van der Waals surface area contributed by atoms with Crippen molar-refractivity contribution < 1.29 is 18.4 Å². The second-order valence-electron chi connectivity index (χ2n) is 11.0. The van der Waals surface area contributed by atoms with Gasteiger partial charge in [-0.3, -0.25) is 19.5 Å². The Morgan fingerprint density at radius 1 is 1.00 bits per heavy atom. The van der Waals surface area contributed by atoms with Crippen LogP contribution in [0.25, 0.3) is 21.9 Å². The summed E-state index contributed by atoms with van der Waals surface area (Å²) in [4.78, 5) is 33.2. The molecule has 38 heavy (non-hydrogen) atoms. The summed E-state index contributed by atoms with van der Waals surface area (Å²) in [7, 11) is 0. The normalized spacial score (nSPS) is 20.9. The minimum atomic E-state index is -1.69. The second-order valence-corrected chi connectivity index (χ2v) is 11.0. The van der Waals surface area contributed by atoms with Crippen molar-refractivity contribution in [3.63, 3.8) is 0 Å². The number of aliphatic imine (C=N–C) groups is 1. The molecule has 6 nitrogen and oxygen atoms in total. The number of amides is 2. The lowest BCUT2D eigenvalue weighted by Gasteiger charge is -2.41. The molecule has 0 aromatic heterocycles. The highest BCUT2D eigenvalue weighted by Crippen LogP contribution is 2.47. The molecule has 2 amide bonds. The first-order valence-corrected chi connectivity index (χ1v) is 12.9. The largest absolute Gasteiger partial charge is 0.339 e. The van der Waals surface area contributed by atoms with Crippen LogP contribution in [0.15, 0.2) is 59.6 Å². The summed E-state index contributed by atoms with van der Waals surface area (Å²) in [6.07, 6.45) is 1.87. The molecule has 4 aliphatic rings. The molecule has 1 saturated heterocycles. The van der Waals surface area contributed by atoms with E-state index in [1.165, 1.54) is 11.0 Å². The number of rotatable bonds is 5. The van der Waals surface area contributed by atoms with Crippen LogP contribution in [0, 0.1) is 23.1 Å². The van der Waals surface area contributed by atoms with Crippen LogP contribution in [-0.4, -0.2) is 58.3 Å². The number of hydrogen-bond donors (Lipinski definition) is 0. The Bertz CT molecular complexity index is 1610. The fraction of sp³-hybridized carbons (Fsp3) is 0.333. The van der Waals surface area contributed by atoms with E-state index in [9.17, 15) is 14.0 Å². The first-order valence-electron chi connectivity index (χ1n) is 12.9. The topological polar surface area (TPSA) is 76.8 Å². The van der Waals surface area contributed by atoms with Crippen molar-refractivity contribution in [1.29, 1.82) is 5.26 Å². The number of carbonyl (C=O) groups is 2. The number of fused-ring (bicyclic) bond motifs is 1. The van der Waals surface area contributed by atoms with Crippen molar-refractivity contribution in [2.45, 2.75) is 36.9 Å². The average molecular weight is 511 g/mol. The Morgan fingerprint density at radius 2 is 1.68 bits per heavy atom. The van der Waals surface area contributed by atoms with Gasteiger partial charge in [0, 0.05) is 25.6 Å². The molecule has 0 radical (unpaired) electrons. The summed E-state index contributed by atoms with van der Waals surface area (Å²) in [5.41, 5.74) is -0.0674. The van der Waals surface area contributed by atoms with Gasteiger partial charge in [-0.05, 0) is 77.9 Å². The maximum Gasteiger partial charge on any atom is 0.260 e. The lowest BCUT2D eigenvalue weighted by Crippen LogP contribution is -2.57. The molecule has 3 aromatic rings. The maximum atomic E-state index is 15.6. The number of amidine groups is 1. The van der Waals surface area contributed by atoms with Crippen LogP contribution in [0.1, 0.15) is 36.8 Å². The van der Waals surface area contributed by atoms with Gasteiger partial charge in [0.2, 0.25) is 0 Å². The molecule has 2 aliphatic carbocycles. The van der Waals surface area contributed by atoms with Gasteiger partial charge in [-0.25, -0.2) is 8.78 Å². The van der Waals surface area contributed by atoms with E-state index in [1.807, 2.05) is 36.4 Å². The number of nitrogens with zero attached hydrogens (tertiary/aromatic N) is 4. The van der Waals surface area contributed by atoms with Gasteiger partial charge in [0.1, 0.15) is 17.2 Å². The van der Waals surface area contributed by atoms with Gasteiger partial charge < -0.3 is 4.90 Å². The zero-order valence-corrected chi connectivity index (χ0v) is 20.6. The lowest BCUT2D eigenvalue weighted by molar-refractivity contribution is -0.145. The number of benzene rings is 3. The molecule has 3 aromatic carbocycles. The van der Waals surface area contributed by atoms with E-state index < -0.39 is 22.9 Å². The van der Waals surface area contributed by atoms with E-state index in [-0.39, 0.29) is 30.2 Å². The van der Waals surface area contributed by atoms with E-state index in [0.29, 0.717) is 49.4 Å². The average Bonchev–Trinajstić information content (AvgIpc) is 3.82. The van der Waals surface area contributed by atoms with Crippen LogP contribution in [0.5, 0.6) is 0 Å². The zero-order valence-electron chi connectivity index (χ0n) is 20.6. The summed E-state index contributed by atoms with van der Waals surface area (Å²) in [5, 5.41) is 11.0. The third kappa shape index (κ3) is 3.60. The van der Waals surface area contributed by atoms with Crippen molar-refractivity contribution in [2.24, 2.45) is 10.9 Å². The fourth-order valence-corrected chi connectivity index (χ4v) is 5.56. The van der Waals surface area contributed by atoms with Crippen LogP contribution in [0.4, 0.5) is 8.78 Å². The molecule has 7 rings (SSSR count). The van der Waals surface area contributed by atoms with E-state index in [2.05, 4.69) is 11.1 Å². The second kappa shape index (κ2) is 7.94. The molecule has 0 unspecified atom stereocenters. The number of carbonyl (C=O) groups excluding carboxylic acids is 2. The highest BCUT2D eigenvalue weighted by molar-refractivity contribution is 6.16. The van der Waals surface area contributed by atoms with Crippen molar-refractivity contribution in [3.8, 4) is 17.2 Å². The maximum absolute atomic E-state index is 15.6. The SMILES string of the molecule is N#Cc1ccc2cc(-c3ccc(C4=NC5(CC5)C(=O)N4CC4CN(C(=O)C5(F)CC5)C4)c(F)c3)ccc2c1. The Balaban J connectivity index is 1.13. The molecule has 3 fully saturated rings. The van der Waals surface area contributed by atoms with Crippen LogP contribution in [0.3, 0.4) is 0 Å².